The van der Waals surface area contributed by atoms with Crippen molar-refractivity contribution in [2.75, 3.05) is 65.4 Å². The highest BCUT2D eigenvalue weighted by atomic mass is 32.1. The van der Waals surface area contributed by atoms with E-state index in [4.69, 9.17) is 23.2 Å². The normalized spacial score (nSPS) is 20.5. The minimum Gasteiger partial charge on any atom is -0.389 e. The Balaban J connectivity index is 0.000000300. The van der Waals surface area contributed by atoms with Crippen LogP contribution in [-0.2, 0) is 0 Å². The molecule has 0 aliphatic carbocycles. The van der Waals surface area contributed by atoms with Crippen LogP contribution in [0, 0.1) is 11.3 Å². The van der Waals surface area contributed by atoms with E-state index >= 15 is 0 Å². The third-order valence-electron chi connectivity index (χ3n) is 4.67. The molecule has 2 heterocycles. The quantitative estimate of drug-likeness (QED) is 0.436. The van der Waals surface area contributed by atoms with Crippen LogP contribution < -0.4 is 11.1 Å². The summed E-state index contributed by atoms with van der Waals surface area (Å²) in [6.45, 7) is 17.3. The highest BCUT2D eigenvalue weighted by Crippen LogP contribution is 2.13. The van der Waals surface area contributed by atoms with Gasteiger partial charge in [0.2, 0.25) is 0 Å². The number of rotatable bonds is 4. The Bertz CT molecular complexity index is 456. The van der Waals surface area contributed by atoms with Gasteiger partial charge in [-0.3, -0.25) is 0 Å². The molecule has 0 bridgehead atoms. The Morgan fingerprint density at radius 3 is 1.92 bits per heavy atom. The summed E-state index contributed by atoms with van der Waals surface area (Å²) < 4.78 is 0. The molecule has 0 spiro atoms. The van der Waals surface area contributed by atoms with Crippen LogP contribution in [-0.4, -0.2) is 85.1 Å². The number of likely N-dealkylation sites (N-methyl/N-ethyl adjacent to an activating group) is 2. The molecule has 0 saturated carbocycles. The topological polar surface area (TPSA) is 71.6 Å². The third-order valence-corrected chi connectivity index (χ3v) is 4.87. The molecular formula is C17H32N6S. The van der Waals surface area contributed by atoms with E-state index in [0.717, 1.165) is 38.4 Å². The number of allylic oxidation sites excluding steroid dienone is 1. The molecule has 2 fully saturated rings. The van der Waals surface area contributed by atoms with Crippen molar-refractivity contribution in [1.29, 1.82) is 5.26 Å². The highest BCUT2D eigenvalue weighted by Gasteiger charge is 2.18. The summed E-state index contributed by atoms with van der Waals surface area (Å²) >= 11 is 4.87. The van der Waals surface area contributed by atoms with E-state index in [9.17, 15) is 0 Å². The lowest BCUT2D eigenvalue weighted by Gasteiger charge is -2.36. The van der Waals surface area contributed by atoms with E-state index in [1.54, 1.807) is 0 Å². The van der Waals surface area contributed by atoms with E-state index < -0.39 is 0 Å². The third kappa shape index (κ3) is 6.73. The molecule has 2 saturated heterocycles. The first-order valence-corrected chi connectivity index (χ1v) is 9.25. The number of nitrogens with zero attached hydrogens (tertiary/aromatic N) is 4. The Kier molecular flexibility index (Phi) is 9.88. The van der Waals surface area contributed by atoms with Crippen LogP contribution >= 0.6 is 12.2 Å². The van der Waals surface area contributed by atoms with Gasteiger partial charge >= 0.3 is 0 Å². The van der Waals surface area contributed by atoms with Gasteiger partial charge in [0.05, 0.1) is 0 Å². The molecule has 2 rings (SSSR count). The highest BCUT2D eigenvalue weighted by molar-refractivity contribution is 7.80. The molecule has 0 amide bonds. The lowest BCUT2D eigenvalue weighted by Crippen LogP contribution is -2.45. The minimum absolute atomic E-state index is 0.193. The van der Waals surface area contributed by atoms with Crippen LogP contribution in [0.5, 0.6) is 0 Å². The summed E-state index contributed by atoms with van der Waals surface area (Å²) in [5.41, 5.74) is 6.87. The first kappa shape index (κ1) is 20.8. The van der Waals surface area contributed by atoms with Gasteiger partial charge in [0, 0.05) is 58.1 Å². The van der Waals surface area contributed by atoms with Crippen LogP contribution in [0.15, 0.2) is 11.3 Å². The molecule has 0 aromatic rings. The first-order chi connectivity index (χ1) is 11.5. The number of nitriles is 1. The average molecular weight is 353 g/mol. The van der Waals surface area contributed by atoms with Crippen LogP contribution in [0.2, 0.25) is 0 Å². The minimum atomic E-state index is 0.193. The number of piperazine rings is 2. The molecular weight excluding hydrogens is 320 g/mol. The molecule has 6 nitrogen and oxygen atoms in total. The largest absolute Gasteiger partial charge is 0.389 e. The lowest BCUT2D eigenvalue weighted by molar-refractivity contribution is 0.165. The molecule has 2 aliphatic heterocycles. The van der Waals surface area contributed by atoms with Gasteiger partial charge in [0.1, 0.15) is 16.6 Å². The zero-order valence-corrected chi connectivity index (χ0v) is 16.2. The van der Waals surface area contributed by atoms with Crippen molar-refractivity contribution in [2.45, 2.75) is 20.8 Å². The molecule has 0 aromatic carbocycles. The number of thiocarbonyl (C=S) groups is 1. The standard InChI is InChI=1S/C11H18N4S.C6H14N2/c1-3-14-4-6-15(7-5-14)9(2)10(8-12)11(13)16;1-2-8-5-3-7-4-6-8/h3-7H2,1-2H3,(H2,13,16);7H,2-6H2,1H3/b10-9-;. The van der Waals surface area contributed by atoms with Crippen molar-refractivity contribution >= 4 is 17.2 Å². The van der Waals surface area contributed by atoms with Crippen LogP contribution in [0.3, 0.4) is 0 Å². The number of hydrogen-bond acceptors (Lipinski definition) is 6. The second-order valence-corrected chi connectivity index (χ2v) is 6.48. The molecule has 0 aromatic heterocycles. The van der Waals surface area contributed by atoms with E-state index in [0.29, 0.717) is 5.57 Å². The number of hydrogen-bond donors (Lipinski definition) is 2. The zero-order chi connectivity index (χ0) is 17.9. The van der Waals surface area contributed by atoms with Crippen molar-refractivity contribution < 1.29 is 0 Å². The average Bonchev–Trinajstić information content (AvgIpc) is 2.63. The van der Waals surface area contributed by atoms with Gasteiger partial charge in [-0.1, -0.05) is 26.1 Å². The maximum absolute atomic E-state index is 8.98. The van der Waals surface area contributed by atoms with Crippen LogP contribution in [0.25, 0.3) is 0 Å². The van der Waals surface area contributed by atoms with Crippen molar-refractivity contribution in [3.8, 4) is 6.07 Å². The van der Waals surface area contributed by atoms with Gasteiger partial charge in [-0.05, 0) is 20.0 Å². The Labute approximate surface area is 152 Å². The van der Waals surface area contributed by atoms with Gasteiger partial charge in [-0.2, -0.15) is 5.26 Å². The fourth-order valence-corrected chi connectivity index (χ4v) is 3.09. The van der Waals surface area contributed by atoms with Crippen LogP contribution in [0.1, 0.15) is 20.8 Å². The van der Waals surface area contributed by atoms with E-state index in [2.05, 4.69) is 39.9 Å². The maximum atomic E-state index is 8.98. The fraction of sp³-hybridized carbons (Fsp3) is 0.765. The molecule has 0 unspecified atom stereocenters. The van der Waals surface area contributed by atoms with Gasteiger partial charge in [-0.15, -0.1) is 0 Å². The van der Waals surface area contributed by atoms with Gasteiger partial charge in [0.25, 0.3) is 0 Å². The molecule has 7 heteroatoms. The molecule has 0 radical (unpaired) electrons. The summed E-state index contributed by atoms with van der Waals surface area (Å²) in [5, 5.41) is 12.3. The molecule has 24 heavy (non-hydrogen) atoms. The van der Waals surface area contributed by atoms with E-state index in [1.165, 1.54) is 32.7 Å². The van der Waals surface area contributed by atoms with Crippen molar-refractivity contribution in [1.82, 2.24) is 20.0 Å². The number of nitrogens with one attached hydrogen (secondary N) is 1. The number of nitrogens with two attached hydrogens (primary N) is 1. The lowest BCUT2D eigenvalue weighted by atomic mass is 10.2. The second-order valence-electron chi connectivity index (χ2n) is 6.04. The van der Waals surface area contributed by atoms with Crippen molar-refractivity contribution in [2.24, 2.45) is 5.73 Å². The van der Waals surface area contributed by atoms with Gasteiger partial charge in [-0.25, -0.2) is 0 Å². The Morgan fingerprint density at radius 1 is 1.04 bits per heavy atom. The summed E-state index contributed by atoms with van der Waals surface area (Å²) in [6, 6.07) is 2.08. The second kappa shape index (κ2) is 11.4. The van der Waals surface area contributed by atoms with Crippen LogP contribution in [0.4, 0.5) is 0 Å². The van der Waals surface area contributed by atoms with Gasteiger partial charge < -0.3 is 25.8 Å². The van der Waals surface area contributed by atoms with E-state index in [-0.39, 0.29) is 4.99 Å². The molecule has 3 N–H and O–H groups in total. The van der Waals surface area contributed by atoms with Crippen molar-refractivity contribution in [3.05, 3.63) is 11.3 Å². The smallest absolute Gasteiger partial charge is 0.116 e. The summed E-state index contributed by atoms with van der Waals surface area (Å²) in [5.74, 6) is 0. The predicted molar refractivity (Wildman–Crippen MR) is 104 cm³/mol. The molecule has 0 atom stereocenters. The monoisotopic (exact) mass is 352 g/mol. The zero-order valence-electron chi connectivity index (χ0n) is 15.3. The fourth-order valence-electron chi connectivity index (χ4n) is 2.90. The Morgan fingerprint density at radius 2 is 1.54 bits per heavy atom. The van der Waals surface area contributed by atoms with Gasteiger partial charge in [0.15, 0.2) is 0 Å². The molecule has 2 aliphatic rings. The Hall–Kier alpha value is -1.20. The maximum Gasteiger partial charge on any atom is 0.116 e. The first-order valence-electron chi connectivity index (χ1n) is 8.84. The molecule has 136 valence electrons. The summed E-state index contributed by atoms with van der Waals surface area (Å²) in [4.78, 5) is 7.22. The summed E-state index contributed by atoms with van der Waals surface area (Å²) in [7, 11) is 0. The predicted octanol–water partition coefficient (Wildman–Crippen LogP) is 0.619. The van der Waals surface area contributed by atoms with E-state index in [1.807, 2.05) is 6.92 Å². The van der Waals surface area contributed by atoms with Crippen molar-refractivity contribution in [3.63, 3.8) is 0 Å². The SMILES string of the molecule is CCN1CCN(/C(C)=C(/C#N)C(N)=S)CC1.CCN1CCNCC1. The summed E-state index contributed by atoms with van der Waals surface area (Å²) in [6.07, 6.45) is 0.